The Morgan fingerprint density at radius 3 is 2.68 bits per heavy atom. The minimum atomic E-state index is -0.533. The fourth-order valence-electron chi connectivity index (χ4n) is 3.95. The Labute approximate surface area is 113 Å². The van der Waals surface area contributed by atoms with E-state index in [2.05, 4.69) is 24.0 Å². The van der Waals surface area contributed by atoms with Crippen molar-refractivity contribution in [3.8, 4) is 0 Å². The highest BCUT2D eigenvalue weighted by Crippen LogP contribution is 2.64. The minimum absolute atomic E-state index is 0.0635. The third-order valence-electron chi connectivity index (χ3n) is 5.19. The van der Waals surface area contributed by atoms with Gasteiger partial charge in [-0.3, -0.25) is 4.79 Å². The van der Waals surface area contributed by atoms with E-state index in [0.29, 0.717) is 30.6 Å². The van der Waals surface area contributed by atoms with Gasteiger partial charge in [-0.05, 0) is 38.3 Å². The van der Waals surface area contributed by atoms with E-state index in [9.17, 15) is 4.79 Å². The van der Waals surface area contributed by atoms with Crippen LogP contribution in [0.3, 0.4) is 0 Å². The largest absolute Gasteiger partial charge is 0.338 e. The van der Waals surface area contributed by atoms with Crippen LogP contribution in [0.4, 0.5) is 0 Å². The maximum Gasteiger partial charge on any atom is 0.240 e. The summed E-state index contributed by atoms with van der Waals surface area (Å²) in [5.74, 6) is 1.95. The monoisotopic (exact) mass is 263 g/mol. The Kier molecular flexibility index (Phi) is 2.61. The molecule has 5 heteroatoms. The van der Waals surface area contributed by atoms with Gasteiger partial charge < -0.3 is 9.42 Å². The van der Waals surface area contributed by atoms with Gasteiger partial charge in [-0.2, -0.15) is 4.98 Å². The molecule has 0 saturated heterocycles. The topological polar surface area (TPSA) is 59.2 Å². The van der Waals surface area contributed by atoms with Gasteiger partial charge in [0.25, 0.3) is 0 Å². The van der Waals surface area contributed by atoms with E-state index in [1.54, 1.807) is 0 Å². The second kappa shape index (κ2) is 3.88. The summed E-state index contributed by atoms with van der Waals surface area (Å²) < 4.78 is 5.47. The standard InChI is InChI=1S/C14H21N3O2/c1-13(2)9-5-6-14(13,10(18)7-9)12-15-11(16-19-12)8-17(3)4/h9H,5-8H2,1-4H3/t9-,14+/m1/s1. The molecule has 0 radical (unpaired) electrons. The molecule has 0 aliphatic heterocycles. The van der Waals surface area contributed by atoms with Gasteiger partial charge in [0.15, 0.2) is 5.82 Å². The van der Waals surface area contributed by atoms with Gasteiger partial charge in [-0.25, -0.2) is 0 Å². The number of hydrogen-bond donors (Lipinski definition) is 0. The van der Waals surface area contributed by atoms with Gasteiger partial charge in [-0.1, -0.05) is 19.0 Å². The summed E-state index contributed by atoms with van der Waals surface area (Å²) in [7, 11) is 3.93. The summed E-state index contributed by atoms with van der Waals surface area (Å²) >= 11 is 0. The van der Waals surface area contributed by atoms with Crippen molar-refractivity contribution in [3.63, 3.8) is 0 Å². The summed E-state index contributed by atoms with van der Waals surface area (Å²) in [5, 5.41) is 4.03. The molecule has 0 aromatic carbocycles. The highest BCUT2D eigenvalue weighted by molar-refractivity contribution is 5.94. The van der Waals surface area contributed by atoms with E-state index >= 15 is 0 Å². The zero-order chi connectivity index (χ0) is 13.8. The second-order valence-corrected chi connectivity index (χ2v) is 6.74. The molecule has 2 atom stereocenters. The van der Waals surface area contributed by atoms with Crippen molar-refractivity contribution in [3.05, 3.63) is 11.7 Å². The van der Waals surface area contributed by atoms with Gasteiger partial charge in [0.05, 0.1) is 6.54 Å². The fraction of sp³-hybridized carbons (Fsp3) is 0.786. The van der Waals surface area contributed by atoms with Gasteiger partial charge >= 0.3 is 0 Å². The van der Waals surface area contributed by atoms with Crippen molar-refractivity contribution in [1.29, 1.82) is 0 Å². The first kappa shape index (κ1) is 12.8. The van der Waals surface area contributed by atoms with E-state index in [-0.39, 0.29) is 11.2 Å². The number of ketones is 1. The molecule has 0 unspecified atom stereocenters. The summed E-state index contributed by atoms with van der Waals surface area (Å²) in [6.07, 6.45) is 2.61. The maximum atomic E-state index is 12.5. The summed E-state index contributed by atoms with van der Waals surface area (Å²) in [5.41, 5.74) is -0.596. The zero-order valence-electron chi connectivity index (χ0n) is 12.1. The van der Waals surface area contributed by atoms with Gasteiger partial charge in [-0.15, -0.1) is 0 Å². The summed E-state index contributed by atoms with van der Waals surface area (Å²) in [4.78, 5) is 19.0. The lowest BCUT2D eigenvalue weighted by molar-refractivity contribution is -0.125. The molecule has 104 valence electrons. The van der Waals surface area contributed by atoms with Crippen LogP contribution in [0, 0.1) is 11.3 Å². The van der Waals surface area contributed by atoms with E-state index < -0.39 is 5.41 Å². The smallest absolute Gasteiger partial charge is 0.240 e. The van der Waals surface area contributed by atoms with Crippen LogP contribution in [0.5, 0.6) is 0 Å². The first-order chi connectivity index (χ1) is 8.88. The van der Waals surface area contributed by atoms with E-state index in [1.165, 1.54) is 0 Å². The molecule has 2 bridgehead atoms. The molecule has 5 nitrogen and oxygen atoms in total. The van der Waals surface area contributed by atoms with Crippen LogP contribution >= 0.6 is 0 Å². The second-order valence-electron chi connectivity index (χ2n) is 6.74. The minimum Gasteiger partial charge on any atom is -0.338 e. The molecule has 19 heavy (non-hydrogen) atoms. The maximum absolute atomic E-state index is 12.5. The molecule has 1 aromatic rings. The molecular formula is C14H21N3O2. The molecule has 1 aromatic heterocycles. The predicted molar refractivity (Wildman–Crippen MR) is 69.5 cm³/mol. The Morgan fingerprint density at radius 1 is 1.42 bits per heavy atom. The average molecular weight is 263 g/mol. The lowest BCUT2D eigenvalue weighted by Gasteiger charge is -2.32. The Hall–Kier alpha value is -1.23. The predicted octanol–water partition coefficient (Wildman–Crippen LogP) is 1.78. The van der Waals surface area contributed by atoms with Crippen LogP contribution < -0.4 is 0 Å². The van der Waals surface area contributed by atoms with Crippen molar-refractivity contribution >= 4 is 5.78 Å². The SMILES string of the molecule is CN(C)Cc1noc([C@]23CC[C@H](CC2=O)C3(C)C)n1. The van der Waals surface area contributed by atoms with E-state index in [0.717, 1.165) is 12.8 Å². The van der Waals surface area contributed by atoms with Gasteiger partial charge in [0.1, 0.15) is 11.2 Å². The molecule has 0 spiro atoms. The zero-order valence-corrected chi connectivity index (χ0v) is 12.1. The highest BCUT2D eigenvalue weighted by atomic mass is 16.5. The third kappa shape index (κ3) is 1.54. The van der Waals surface area contributed by atoms with E-state index in [1.807, 2.05) is 19.0 Å². The van der Waals surface area contributed by atoms with Crippen LogP contribution in [-0.2, 0) is 16.8 Å². The Balaban J connectivity index is 2.00. The van der Waals surface area contributed by atoms with Crippen LogP contribution in [0.1, 0.15) is 44.8 Å². The number of Topliss-reactive ketones (excluding diaryl/α,β-unsaturated/α-hetero) is 1. The number of hydrogen-bond acceptors (Lipinski definition) is 5. The number of nitrogens with zero attached hydrogens (tertiary/aromatic N) is 3. The number of aromatic nitrogens is 2. The highest BCUT2D eigenvalue weighted by Gasteiger charge is 2.67. The molecular weight excluding hydrogens is 242 g/mol. The molecule has 0 N–H and O–H groups in total. The lowest BCUT2D eigenvalue weighted by atomic mass is 9.69. The summed E-state index contributed by atoms with van der Waals surface area (Å²) in [6, 6.07) is 0. The van der Waals surface area contributed by atoms with Gasteiger partial charge in [0.2, 0.25) is 5.89 Å². The fourth-order valence-corrected chi connectivity index (χ4v) is 3.95. The number of rotatable bonds is 3. The molecule has 2 aliphatic rings. The van der Waals surface area contributed by atoms with Crippen molar-refractivity contribution in [2.75, 3.05) is 14.1 Å². The van der Waals surface area contributed by atoms with Crippen molar-refractivity contribution < 1.29 is 9.32 Å². The third-order valence-corrected chi connectivity index (χ3v) is 5.19. The molecule has 1 heterocycles. The molecule has 2 saturated carbocycles. The summed E-state index contributed by atoms with van der Waals surface area (Å²) in [6.45, 7) is 4.98. The van der Waals surface area contributed by atoms with Gasteiger partial charge in [0, 0.05) is 6.42 Å². The van der Waals surface area contributed by atoms with Crippen LogP contribution in [0.25, 0.3) is 0 Å². The molecule has 0 amide bonds. The van der Waals surface area contributed by atoms with Crippen LogP contribution in [0.15, 0.2) is 4.52 Å². The molecule has 2 fully saturated rings. The quantitative estimate of drug-likeness (QED) is 0.832. The Morgan fingerprint density at radius 2 is 2.16 bits per heavy atom. The molecule has 2 aliphatic carbocycles. The molecule has 3 rings (SSSR count). The van der Waals surface area contributed by atoms with Crippen molar-refractivity contribution in [2.24, 2.45) is 11.3 Å². The number of fused-ring (bicyclic) bond motifs is 2. The first-order valence-corrected chi connectivity index (χ1v) is 6.89. The average Bonchev–Trinajstić information content (AvgIpc) is 2.89. The van der Waals surface area contributed by atoms with E-state index in [4.69, 9.17) is 4.52 Å². The number of carbonyl (C=O) groups excluding carboxylic acids is 1. The van der Waals surface area contributed by atoms with Crippen LogP contribution in [0.2, 0.25) is 0 Å². The number of carbonyl (C=O) groups is 1. The van der Waals surface area contributed by atoms with Crippen molar-refractivity contribution in [1.82, 2.24) is 15.0 Å². The lowest BCUT2D eigenvalue weighted by Crippen LogP contribution is -2.40. The van der Waals surface area contributed by atoms with Crippen molar-refractivity contribution in [2.45, 2.75) is 45.1 Å². The van der Waals surface area contributed by atoms with Crippen LogP contribution in [-0.4, -0.2) is 34.9 Å². The normalized spacial score (nSPS) is 32.5. The Bertz CT molecular complexity index is 521. The first-order valence-electron chi connectivity index (χ1n) is 6.89.